The highest BCUT2D eigenvalue weighted by Crippen LogP contribution is 2.32. The van der Waals surface area contributed by atoms with Gasteiger partial charge in [0, 0.05) is 17.1 Å². The predicted octanol–water partition coefficient (Wildman–Crippen LogP) is 5.75. The number of furan rings is 1. The molecule has 0 unspecified atom stereocenters. The molecule has 0 aliphatic rings. The van der Waals surface area contributed by atoms with Gasteiger partial charge in [-0.2, -0.15) is 0 Å². The van der Waals surface area contributed by atoms with E-state index < -0.39 is 6.04 Å². The quantitative estimate of drug-likeness (QED) is 0.282. The highest BCUT2D eigenvalue weighted by Gasteiger charge is 2.32. The molecule has 0 spiro atoms. The summed E-state index contributed by atoms with van der Waals surface area (Å²) in [5.41, 5.74) is 4.44. The van der Waals surface area contributed by atoms with Gasteiger partial charge in [0.25, 0.3) is 5.56 Å². The van der Waals surface area contributed by atoms with Crippen LogP contribution in [0, 0.1) is 13.8 Å². The van der Waals surface area contributed by atoms with Gasteiger partial charge < -0.3 is 9.40 Å². The smallest absolute Gasteiger partial charge is 0.253 e. The zero-order valence-corrected chi connectivity index (χ0v) is 22.0. The van der Waals surface area contributed by atoms with Crippen LogP contribution in [0.3, 0.4) is 0 Å². The molecule has 0 aliphatic carbocycles. The summed E-state index contributed by atoms with van der Waals surface area (Å²) in [5.74, 6) is 1.36. The van der Waals surface area contributed by atoms with Gasteiger partial charge in [-0.3, -0.25) is 9.69 Å². The Kier molecular flexibility index (Phi) is 6.95. The summed E-state index contributed by atoms with van der Waals surface area (Å²) in [6.07, 6.45) is 1.65. The van der Waals surface area contributed by atoms with Gasteiger partial charge in [0.1, 0.15) is 11.8 Å². The summed E-state index contributed by atoms with van der Waals surface area (Å²) >= 11 is 6.15. The fraction of sp³-hybridized carbons (Fsp3) is 0.286. The average molecular weight is 517 g/mol. The van der Waals surface area contributed by atoms with Crippen LogP contribution in [0.15, 0.2) is 70.1 Å². The summed E-state index contributed by atoms with van der Waals surface area (Å²) in [4.78, 5) is 19.0. The Bertz CT molecular complexity index is 1570. The van der Waals surface area contributed by atoms with Gasteiger partial charge in [0.15, 0.2) is 5.82 Å². The zero-order valence-electron chi connectivity index (χ0n) is 21.3. The van der Waals surface area contributed by atoms with Crippen molar-refractivity contribution in [1.29, 1.82) is 0 Å². The Morgan fingerprint density at radius 1 is 1.08 bits per heavy atom. The van der Waals surface area contributed by atoms with E-state index in [1.54, 1.807) is 10.9 Å². The molecule has 9 heteroatoms. The first-order chi connectivity index (χ1) is 17.8. The molecule has 5 aromatic rings. The van der Waals surface area contributed by atoms with Gasteiger partial charge in [-0.25, -0.2) is 4.68 Å². The van der Waals surface area contributed by atoms with Crippen LogP contribution in [0.1, 0.15) is 59.8 Å². The molecule has 1 atom stereocenters. The number of hydrogen-bond donors (Lipinski definition) is 1. The maximum atomic E-state index is 13.7. The topological polar surface area (TPSA) is 92.8 Å². The van der Waals surface area contributed by atoms with Crippen molar-refractivity contribution in [1.82, 2.24) is 30.1 Å². The maximum absolute atomic E-state index is 13.7. The Balaban J connectivity index is 1.71. The standard InChI is InChI=1S/C28H29ClN6O2/c1-17(2)35-27(31-32-33-35)26(24-14-21-10-7-18(3)19(4)25(21)30-28(24)36)34(16-23-6-5-13-37-23)15-20-8-11-22(29)12-9-20/h5-14,17,26H,15-16H2,1-4H3,(H,30,36)/t26-/m1/s1. The molecule has 1 N–H and O–H groups in total. The van der Waals surface area contributed by atoms with Crippen molar-refractivity contribution in [2.45, 2.75) is 52.9 Å². The molecule has 8 nitrogen and oxygen atoms in total. The lowest BCUT2D eigenvalue weighted by Crippen LogP contribution is -2.35. The molecule has 0 aliphatic heterocycles. The third-order valence-electron chi connectivity index (χ3n) is 6.73. The molecule has 0 radical (unpaired) electrons. The number of nitrogens with zero attached hydrogens (tertiary/aromatic N) is 5. The van der Waals surface area contributed by atoms with Gasteiger partial charge in [0.05, 0.1) is 24.4 Å². The molecule has 0 amide bonds. The van der Waals surface area contributed by atoms with Gasteiger partial charge in [-0.1, -0.05) is 35.9 Å². The first kappa shape index (κ1) is 24.9. The van der Waals surface area contributed by atoms with Crippen molar-refractivity contribution in [2.75, 3.05) is 0 Å². The number of benzene rings is 2. The van der Waals surface area contributed by atoms with E-state index in [2.05, 4.69) is 31.5 Å². The second-order valence-electron chi connectivity index (χ2n) is 9.61. The van der Waals surface area contributed by atoms with Crippen LogP contribution in [0.4, 0.5) is 0 Å². The number of hydrogen-bond acceptors (Lipinski definition) is 6. The third kappa shape index (κ3) is 5.08. The molecular weight excluding hydrogens is 488 g/mol. The molecule has 5 rings (SSSR count). The third-order valence-corrected chi connectivity index (χ3v) is 6.98. The minimum atomic E-state index is -0.548. The summed E-state index contributed by atoms with van der Waals surface area (Å²) in [7, 11) is 0. The van der Waals surface area contributed by atoms with E-state index in [1.807, 2.05) is 76.2 Å². The second kappa shape index (κ2) is 10.3. The van der Waals surface area contributed by atoms with E-state index in [9.17, 15) is 4.79 Å². The maximum Gasteiger partial charge on any atom is 0.253 e. The number of aryl methyl sites for hydroxylation is 2. The minimum absolute atomic E-state index is 0.00192. The number of H-pyrrole nitrogens is 1. The Morgan fingerprint density at radius 3 is 2.57 bits per heavy atom. The number of nitrogens with one attached hydrogen (secondary N) is 1. The van der Waals surface area contributed by atoms with Crippen molar-refractivity contribution in [3.63, 3.8) is 0 Å². The van der Waals surface area contributed by atoms with Crippen LogP contribution >= 0.6 is 11.6 Å². The summed E-state index contributed by atoms with van der Waals surface area (Å²) in [6, 6.07) is 17.0. The van der Waals surface area contributed by atoms with Gasteiger partial charge in [-0.15, -0.1) is 5.10 Å². The molecule has 0 saturated carbocycles. The molecule has 3 aromatic heterocycles. The van der Waals surface area contributed by atoms with Crippen molar-refractivity contribution in [3.8, 4) is 0 Å². The molecule has 190 valence electrons. The van der Waals surface area contributed by atoms with Gasteiger partial charge in [-0.05, 0) is 90.5 Å². The highest BCUT2D eigenvalue weighted by molar-refractivity contribution is 6.30. The van der Waals surface area contributed by atoms with Crippen molar-refractivity contribution in [2.24, 2.45) is 0 Å². The van der Waals surface area contributed by atoms with Gasteiger partial charge in [0.2, 0.25) is 0 Å². The summed E-state index contributed by atoms with van der Waals surface area (Å²) < 4.78 is 7.49. The number of halogens is 1. The van der Waals surface area contributed by atoms with E-state index in [0.29, 0.717) is 29.5 Å². The van der Waals surface area contributed by atoms with E-state index >= 15 is 0 Å². The van der Waals surface area contributed by atoms with E-state index in [4.69, 9.17) is 16.0 Å². The second-order valence-corrected chi connectivity index (χ2v) is 10.1. The lowest BCUT2D eigenvalue weighted by atomic mass is 9.99. The Hall–Kier alpha value is -3.75. The van der Waals surface area contributed by atoms with E-state index in [-0.39, 0.29) is 11.6 Å². The fourth-order valence-electron chi connectivity index (χ4n) is 4.66. The summed E-state index contributed by atoms with van der Waals surface area (Å²) in [6.45, 7) is 9.05. The lowest BCUT2D eigenvalue weighted by molar-refractivity contribution is 0.177. The number of rotatable bonds is 8. The number of aromatic amines is 1. The van der Waals surface area contributed by atoms with Crippen molar-refractivity contribution >= 4 is 22.5 Å². The summed E-state index contributed by atoms with van der Waals surface area (Å²) in [5, 5.41) is 14.3. The van der Waals surface area contributed by atoms with Crippen molar-refractivity contribution < 1.29 is 4.42 Å². The minimum Gasteiger partial charge on any atom is -0.468 e. The number of fused-ring (bicyclic) bond motifs is 1. The largest absolute Gasteiger partial charge is 0.468 e. The molecule has 0 saturated heterocycles. The average Bonchev–Trinajstić information content (AvgIpc) is 3.56. The normalized spacial score (nSPS) is 12.6. The Labute approximate surface area is 219 Å². The zero-order chi connectivity index (χ0) is 26.1. The first-order valence-electron chi connectivity index (χ1n) is 12.2. The Morgan fingerprint density at radius 2 is 1.86 bits per heavy atom. The highest BCUT2D eigenvalue weighted by atomic mass is 35.5. The SMILES string of the molecule is Cc1ccc2cc([C@H](c3nnnn3C(C)C)N(Cc3ccc(Cl)cc3)Cc3ccco3)c(=O)[nH]c2c1C. The molecule has 0 bridgehead atoms. The van der Waals surface area contributed by atoms with Crippen LogP contribution in [0.25, 0.3) is 10.9 Å². The molecule has 37 heavy (non-hydrogen) atoms. The predicted molar refractivity (Wildman–Crippen MR) is 143 cm³/mol. The van der Waals surface area contributed by atoms with Gasteiger partial charge >= 0.3 is 0 Å². The molecule has 2 aromatic carbocycles. The van der Waals surface area contributed by atoms with Crippen LogP contribution in [0.5, 0.6) is 0 Å². The number of aromatic nitrogens is 5. The molecule has 3 heterocycles. The number of tetrazole rings is 1. The van der Waals surface area contributed by atoms with E-state index in [1.165, 1.54) is 0 Å². The van der Waals surface area contributed by atoms with Crippen LogP contribution in [0.2, 0.25) is 5.02 Å². The number of pyridine rings is 1. The molecule has 0 fully saturated rings. The van der Waals surface area contributed by atoms with Crippen LogP contribution < -0.4 is 5.56 Å². The van der Waals surface area contributed by atoms with Crippen molar-refractivity contribution in [3.05, 3.63) is 110 Å². The van der Waals surface area contributed by atoms with Crippen LogP contribution in [-0.4, -0.2) is 30.1 Å². The first-order valence-corrected chi connectivity index (χ1v) is 12.6. The van der Waals surface area contributed by atoms with E-state index in [0.717, 1.165) is 33.4 Å². The lowest BCUT2D eigenvalue weighted by Gasteiger charge is -2.31. The van der Waals surface area contributed by atoms with Crippen LogP contribution in [-0.2, 0) is 13.1 Å². The fourth-order valence-corrected chi connectivity index (χ4v) is 4.78. The monoisotopic (exact) mass is 516 g/mol. The molecular formula is C28H29ClN6O2.